The Bertz CT molecular complexity index is 867. The minimum Gasteiger partial charge on any atom is -0.466 e. The van der Waals surface area contributed by atoms with E-state index in [1.807, 2.05) is 40.1 Å². The minimum atomic E-state index is -0.153. The highest BCUT2D eigenvalue weighted by Gasteiger charge is 2.42. The summed E-state index contributed by atoms with van der Waals surface area (Å²) in [5.41, 5.74) is 0.955. The van der Waals surface area contributed by atoms with Gasteiger partial charge in [-0.2, -0.15) is 0 Å². The number of nitrogens with zero attached hydrogens (tertiary/aromatic N) is 2. The van der Waals surface area contributed by atoms with Crippen LogP contribution in [0, 0.1) is 17.3 Å². The van der Waals surface area contributed by atoms with E-state index < -0.39 is 0 Å². The van der Waals surface area contributed by atoms with Gasteiger partial charge in [0.2, 0.25) is 0 Å². The lowest BCUT2D eigenvalue weighted by Gasteiger charge is -2.38. The monoisotopic (exact) mass is 453 g/mol. The molecule has 1 aromatic carbocycles. The molecule has 7 heteroatoms. The summed E-state index contributed by atoms with van der Waals surface area (Å²) in [7, 11) is 0. The van der Waals surface area contributed by atoms with E-state index >= 15 is 0 Å². The lowest BCUT2D eigenvalue weighted by molar-refractivity contribution is -0.143. The van der Waals surface area contributed by atoms with E-state index in [0.29, 0.717) is 32.7 Å². The van der Waals surface area contributed by atoms with Gasteiger partial charge in [-0.3, -0.25) is 9.59 Å². The molecular weight excluding hydrogens is 418 g/mol. The minimum absolute atomic E-state index is 0.00972. The van der Waals surface area contributed by atoms with Crippen LogP contribution in [0.3, 0.4) is 0 Å². The molecule has 2 aliphatic heterocycles. The van der Waals surface area contributed by atoms with Gasteiger partial charge in [0.1, 0.15) is 0 Å². The molecule has 33 heavy (non-hydrogen) atoms. The maximum Gasteiger partial charge on any atom is 0.317 e. The van der Waals surface area contributed by atoms with Crippen LogP contribution >= 0.6 is 0 Å². The second-order valence-electron chi connectivity index (χ2n) is 8.93. The molecular formula is C26H35N3O4. The molecule has 0 bridgehead atoms. The number of carbonyl (C=O) groups is 3. The van der Waals surface area contributed by atoms with Gasteiger partial charge in [-0.15, -0.1) is 0 Å². The number of urea groups is 1. The number of likely N-dealkylation sites (tertiary alicyclic amines) is 2. The largest absolute Gasteiger partial charge is 0.466 e. The fourth-order valence-corrected chi connectivity index (χ4v) is 4.54. The lowest BCUT2D eigenvalue weighted by Crippen LogP contribution is -2.45. The number of piperidine rings is 1. The molecule has 2 saturated heterocycles. The summed E-state index contributed by atoms with van der Waals surface area (Å²) in [4.78, 5) is 40.1. The maximum atomic E-state index is 12.5. The zero-order valence-electron chi connectivity index (χ0n) is 19.6. The molecule has 0 aromatic heterocycles. The molecule has 0 aliphatic carbocycles. The smallest absolute Gasteiger partial charge is 0.317 e. The Labute approximate surface area is 196 Å². The molecule has 3 amide bonds. The summed E-state index contributed by atoms with van der Waals surface area (Å²) in [6, 6.07) is 9.53. The van der Waals surface area contributed by atoms with Crippen molar-refractivity contribution in [3.63, 3.8) is 0 Å². The Morgan fingerprint density at radius 1 is 1.00 bits per heavy atom. The molecule has 2 aliphatic rings. The Hall–Kier alpha value is -3.01. The van der Waals surface area contributed by atoms with Crippen LogP contribution in [0.15, 0.2) is 30.3 Å². The Balaban J connectivity index is 1.34. The van der Waals surface area contributed by atoms with Crippen molar-refractivity contribution in [1.29, 1.82) is 0 Å². The van der Waals surface area contributed by atoms with E-state index in [4.69, 9.17) is 4.74 Å². The van der Waals surface area contributed by atoms with Gasteiger partial charge in [-0.05, 0) is 56.6 Å². The average Bonchev–Trinajstić information content (AvgIpc) is 3.24. The van der Waals surface area contributed by atoms with Crippen LogP contribution in [-0.2, 0) is 14.3 Å². The van der Waals surface area contributed by atoms with Gasteiger partial charge in [0.15, 0.2) is 0 Å². The molecule has 2 fully saturated rings. The molecule has 1 N–H and O–H groups in total. The quantitative estimate of drug-likeness (QED) is 0.391. The zero-order valence-corrected chi connectivity index (χ0v) is 19.6. The molecule has 0 saturated carbocycles. The molecule has 3 rings (SSSR count). The first-order valence-electron chi connectivity index (χ1n) is 12.1. The van der Waals surface area contributed by atoms with Gasteiger partial charge in [-0.25, -0.2) is 4.79 Å². The fraction of sp³-hybridized carbons (Fsp3) is 0.577. The van der Waals surface area contributed by atoms with Crippen molar-refractivity contribution in [2.24, 2.45) is 5.41 Å². The van der Waals surface area contributed by atoms with Crippen molar-refractivity contribution in [2.45, 2.75) is 51.9 Å². The van der Waals surface area contributed by atoms with Crippen LogP contribution in [0.1, 0.15) is 57.4 Å². The second kappa shape index (κ2) is 12.3. The summed E-state index contributed by atoms with van der Waals surface area (Å²) in [5, 5.41) is 3.01. The van der Waals surface area contributed by atoms with Gasteiger partial charge < -0.3 is 19.9 Å². The van der Waals surface area contributed by atoms with Crippen LogP contribution in [0.2, 0.25) is 0 Å². The Morgan fingerprint density at radius 2 is 1.70 bits per heavy atom. The number of hydrogen-bond donors (Lipinski definition) is 1. The number of benzene rings is 1. The second-order valence-corrected chi connectivity index (χ2v) is 8.93. The average molecular weight is 454 g/mol. The number of amides is 3. The summed E-state index contributed by atoms with van der Waals surface area (Å²) in [5.74, 6) is 5.43. The number of ether oxygens (including phenoxy) is 1. The third-order valence-electron chi connectivity index (χ3n) is 6.56. The number of esters is 1. The summed E-state index contributed by atoms with van der Waals surface area (Å²) in [6.45, 7) is 5.74. The fourth-order valence-electron chi connectivity index (χ4n) is 4.54. The Kier molecular flexibility index (Phi) is 9.17. The molecule has 1 spiro atoms. The molecule has 0 atom stereocenters. The number of nitrogens with one attached hydrogen (secondary N) is 1. The van der Waals surface area contributed by atoms with Crippen LogP contribution in [0.25, 0.3) is 0 Å². The highest BCUT2D eigenvalue weighted by atomic mass is 16.5. The van der Waals surface area contributed by atoms with E-state index in [-0.39, 0.29) is 23.3 Å². The molecule has 2 heterocycles. The van der Waals surface area contributed by atoms with Crippen LogP contribution in [0.5, 0.6) is 0 Å². The third-order valence-corrected chi connectivity index (χ3v) is 6.56. The predicted molar refractivity (Wildman–Crippen MR) is 126 cm³/mol. The summed E-state index contributed by atoms with van der Waals surface area (Å²) in [6.07, 6.45) is 5.76. The van der Waals surface area contributed by atoms with Gasteiger partial charge in [0, 0.05) is 50.6 Å². The van der Waals surface area contributed by atoms with Crippen LogP contribution in [0.4, 0.5) is 4.79 Å². The zero-order chi connectivity index (χ0) is 23.5. The molecule has 7 nitrogen and oxygen atoms in total. The van der Waals surface area contributed by atoms with E-state index in [1.54, 1.807) is 6.92 Å². The van der Waals surface area contributed by atoms with Crippen molar-refractivity contribution in [3.8, 4) is 11.8 Å². The first-order valence-corrected chi connectivity index (χ1v) is 12.1. The number of unbranched alkanes of at least 4 members (excludes halogenated alkanes) is 2. The van der Waals surface area contributed by atoms with Crippen molar-refractivity contribution in [3.05, 3.63) is 35.9 Å². The summed E-state index contributed by atoms with van der Waals surface area (Å²) < 4.78 is 4.92. The van der Waals surface area contributed by atoms with Gasteiger partial charge in [0.05, 0.1) is 6.61 Å². The Morgan fingerprint density at radius 3 is 2.39 bits per heavy atom. The van der Waals surface area contributed by atoms with Gasteiger partial charge in [-0.1, -0.05) is 30.5 Å². The van der Waals surface area contributed by atoms with Gasteiger partial charge in [0.25, 0.3) is 5.91 Å². The standard InChI is InChI=1S/C26H35N3O4/c1-2-33-24(31)11-7-4-8-17-27-25(32)29-20-16-26(21-29)14-18-28(19-15-26)23(30)13-12-22-9-5-3-6-10-22/h3,5-6,9-10H,2,4,7-8,11,14-21H2,1H3,(H,27,32). The van der Waals surface area contributed by atoms with Crippen LogP contribution < -0.4 is 5.32 Å². The van der Waals surface area contributed by atoms with Crippen LogP contribution in [-0.4, -0.2) is 67.0 Å². The third kappa shape index (κ3) is 7.52. The van der Waals surface area contributed by atoms with E-state index in [2.05, 4.69) is 17.2 Å². The highest BCUT2D eigenvalue weighted by molar-refractivity contribution is 5.94. The SMILES string of the molecule is CCOC(=O)CCCCCNC(=O)N1CCC2(CCN(C(=O)C#Cc3ccccc3)CC2)C1. The van der Waals surface area contributed by atoms with Crippen molar-refractivity contribution >= 4 is 17.9 Å². The number of rotatable bonds is 7. The summed E-state index contributed by atoms with van der Waals surface area (Å²) >= 11 is 0. The molecule has 1 aromatic rings. The number of carbonyl (C=O) groups excluding carboxylic acids is 3. The molecule has 0 radical (unpaired) electrons. The molecule has 0 unspecified atom stereocenters. The van der Waals surface area contributed by atoms with Gasteiger partial charge >= 0.3 is 12.0 Å². The van der Waals surface area contributed by atoms with E-state index in [9.17, 15) is 14.4 Å². The topological polar surface area (TPSA) is 79.0 Å². The first kappa shape index (κ1) is 24.6. The van der Waals surface area contributed by atoms with E-state index in [1.165, 1.54) is 0 Å². The predicted octanol–water partition coefficient (Wildman–Crippen LogP) is 3.19. The molecule has 178 valence electrons. The maximum absolute atomic E-state index is 12.5. The van der Waals surface area contributed by atoms with Crippen molar-refractivity contribution < 1.29 is 19.1 Å². The lowest BCUT2D eigenvalue weighted by atomic mass is 9.78. The van der Waals surface area contributed by atoms with E-state index in [0.717, 1.165) is 57.2 Å². The van der Waals surface area contributed by atoms with Crippen molar-refractivity contribution in [2.75, 3.05) is 39.3 Å². The first-order chi connectivity index (χ1) is 16.0. The normalized spacial score (nSPS) is 16.8. The highest BCUT2D eigenvalue weighted by Crippen LogP contribution is 2.40. The number of hydrogen-bond acceptors (Lipinski definition) is 4. The van der Waals surface area contributed by atoms with Crippen molar-refractivity contribution in [1.82, 2.24) is 15.1 Å².